The Labute approximate surface area is 116 Å². The van der Waals surface area contributed by atoms with E-state index in [0.29, 0.717) is 23.9 Å². The van der Waals surface area contributed by atoms with E-state index in [0.717, 1.165) is 25.9 Å². The Hall–Kier alpha value is -0.130. The average molecular weight is 286 g/mol. The van der Waals surface area contributed by atoms with Crippen molar-refractivity contribution in [1.29, 1.82) is 0 Å². The molecule has 3 fully saturated rings. The molecule has 0 saturated carbocycles. The minimum absolute atomic E-state index is 0.0775. The van der Waals surface area contributed by atoms with Crippen molar-refractivity contribution in [3.8, 4) is 0 Å². The van der Waals surface area contributed by atoms with Crippen LogP contribution in [0.4, 0.5) is 0 Å². The van der Waals surface area contributed by atoms with Gasteiger partial charge in [-0.05, 0) is 45.1 Å². The molecule has 19 heavy (non-hydrogen) atoms. The number of nitrogens with one attached hydrogen (secondary N) is 1. The minimum Gasteiger partial charge on any atom is -0.314 e. The van der Waals surface area contributed by atoms with E-state index in [1.165, 1.54) is 25.7 Å². The Kier molecular flexibility index (Phi) is 3.89. The molecule has 3 saturated heterocycles. The third-order valence-corrected chi connectivity index (χ3v) is 7.51. The molecule has 0 spiro atoms. The van der Waals surface area contributed by atoms with Gasteiger partial charge in [-0.25, -0.2) is 8.42 Å². The summed E-state index contributed by atoms with van der Waals surface area (Å²) in [6.07, 6.45) is 6.69. The first-order chi connectivity index (χ1) is 9.10. The maximum absolute atomic E-state index is 12.0. The summed E-state index contributed by atoms with van der Waals surface area (Å²) in [7, 11) is -2.79. The van der Waals surface area contributed by atoms with Gasteiger partial charge in [0.05, 0.1) is 11.0 Å². The second-order valence-electron chi connectivity index (χ2n) is 6.44. The fourth-order valence-electron chi connectivity index (χ4n) is 4.33. The van der Waals surface area contributed by atoms with Gasteiger partial charge < -0.3 is 5.32 Å². The van der Waals surface area contributed by atoms with E-state index in [1.807, 2.05) is 0 Å². The molecule has 3 aliphatic rings. The number of piperidine rings is 1. The number of hydrogen-bond donors (Lipinski definition) is 1. The zero-order chi connectivity index (χ0) is 13.5. The predicted molar refractivity (Wildman–Crippen MR) is 77.0 cm³/mol. The molecule has 1 N–H and O–H groups in total. The first-order valence-electron chi connectivity index (χ1n) is 7.81. The molecule has 3 rings (SSSR count). The van der Waals surface area contributed by atoms with Crippen molar-refractivity contribution in [3.05, 3.63) is 0 Å². The normalized spacial score (nSPS) is 41.7. The van der Waals surface area contributed by atoms with E-state index in [1.54, 1.807) is 0 Å². The van der Waals surface area contributed by atoms with Crippen molar-refractivity contribution in [1.82, 2.24) is 10.2 Å². The molecule has 5 heteroatoms. The SMILES string of the molecule is CCNC1CC2CCC(C1)N2CC1CCCS1(=O)=O. The van der Waals surface area contributed by atoms with Crippen LogP contribution in [0.3, 0.4) is 0 Å². The molecule has 2 bridgehead atoms. The smallest absolute Gasteiger partial charge is 0.154 e. The molecular weight excluding hydrogens is 260 g/mol. The second-order valence-corrected chi connectivity index (χ2v) is 8.84. The van der Waals surface area contributed by atoms with Crippen LogP contribution in [0.5, 0.6) is 0 Å². The summed E-state index contributed by atoms with van der Waals surface area (Å²) in [5, 5.41) is 3.49. The molecule has 3 unspecified atom stereocenters. The minimum atomic E-state index is -2.79. The van der Waals surface area contributed by atoms with Crippen LogP contribution in [0.15, 0.2) is 0 Å². The molecule has 0 radical (unpaired) electrons. The molecule has 0 aromatic rings. The van der Waals surface area contributed by atoms with Crippen molar-refractivity contribution < 1.29 is 8.42 Å². The topological polar surface area (TPSA) is 49.4 Å². The van der Waals surface area contributed by atoms with Gasteiger partial charge in [0, 0.05) is 24.7 Å². The Morgan fingerprint density at radius 2 is 1.84 bits per heavy atom. The van der Waals surface area contributed by atoms with E-state index in [4.69, 9.17) is 0 Å². The van der Waals surface area contributed by atoms with Gasteiger partial charge in [-0.1, -0.05) is 6.92 Å². The van der Waals surface area contributed by atoms with Crippen molar-refractivity contribution in [3.63, 3.8) is 0 Å². The Morgan fingerprint density at radius 1 is 1.16 bits per heavy atom. The molecule has 110 valence electrons. The van der Waals surface area contributed by atoms with Gasteiger partial charge in [0.15, 0.2) is 9.84 Å². The first-order valence-corrected chi connectivity index (χ1v) is 9.52. The lowest BCUT2D eigenvalue weighted by Crippen LogP contribution is -2.51. The maximum Gasteiger partial charge on any atom is 0.154 e. The van der Waals surface area contributed by atoms with Crippen molar-refractivity contribution in [2.75, 3.05) is 18.8 Å². The maximum atomic E-state index is 12.0. The van der Waals surface area contributed by atoms with E-state index in [2.05, 4.69) is 17.1 Å². The first kappa shape index (κ1) is 13.8. The highest BCUT2D eigenvalue weighted by atomic mass is 32.2. The van der Waals surface area contributed by atoms with Gasteiger partial charge in [-0.15, -0.1) is 0 Å². The molecule has 4 nitrogen and oxygen atoms in total. The van der Waals surface area contributed by atoms with E-state index in [9.17, 15) is 8.42 Å². The summed E-state index contributed by atoms with van der Waals surface area (Å²) in [6.45, 7) is 4.01. The molecule has 3 aliphatic heterocycles. The van der Waals surface area contributed by atoms with Gasteiger partial charge >= 0.3 is 0 Å². The van der Waals surface area contributed by atoms with Crippen LogP contribution in [0.25, 0.3) is 0 Å². The Bertz CT molecular complexity index is 409. The number of sulfone groups is 1. The Balaban J connectivity index is 1.64. The number of rotatable bonds is 4. The molecule has 3 heterocycles. The quantitative estimate of drug-likeness (QED) is 0.843. The summed E-state index contributed by atoms with van der Waals surface area (Å²) in [5.74, 6) is 0.418. The lowest BCUT2D eigenvalue weighted by atomic mass is 9.97. The number of hydrogen-bond acceptors (Lipinski definition) is 4. The molecule has 0 amide bonds. The summed E-state index contributed by atoms with van der Waals surface area (Å²) in [5.41, 5.74) is 0. The summed E-state index contributed by atoms with van der Waals surface area (Å²) in [4.78, 5) is 2.53. The van der Waals surface area contributed by atoms with Gasteiger partial charge in [-0.2, -0.15) is 0 Å². The van der Waals surface area contributed by atoms with Crippen LogP contribution in [0, 0.1) is 0 Å². The molecule has 0 aromatic heterocycles. The van der Waals surface area contributed by atoms with Crippen molar-refractivity contribution in [2.45, 2.75) is 68.8 Å². The number of nitrogens with zero attached hydrogens (tertiary/aromatic N) is 1. The third-order valence-electron chi connectivity index (χ3n) is 5.25. The lowest BCUT2D eigenvalue weighted by Gasteiger charge is -2.40. The predicted octanol–water partition coefficient (Wildman–Crippen LogP) is 1.17. The van der Waals surface area contributed by atoms with Gasteiger partial charge in [0.1, 0.15) is 0 Å². The van der Waals surface area contributed by atoms with Gasteiger partial charge in [-0.3, -0.25) is 4.90 Å². The van der Waals surface area contributed by atoms with E-state index >= 15 is 0 Å². The molecule has 0 aliphatic carbocycles. The van der Waals surface area contributed by atoms with Crippen LogP contribution in [0.2, 0.25) is 0 Å². The number of fused-ring (bicyclic) bond motifs is 2. The van der Waals surface area contributed by atoms with Crippen LogP contribution in [-0.4, -0.2) is 55.5 Å². The second kappa shape index (κ2) is 5.34. The van der Waals surface area contributed by atoms with Crippen molar-refractivity contribution >= 4 is 9.84 Å². The zero-order valence-corrected chi connectivity index (χ0v) is 12.7. The third kappa shape index (κ3) is 2.69. The molecule has 3 atom stereocenters. The standard InChI is InChI=1S/C14H26N2O2S/c1-2-15-11-8-12-5-6-13(9-11)16(12)10-14-4-3-7-19(14,17)18/h11-15H,2-10H2,1H3. The summed E-state index contributed by atoms with van der Waals surface area (Å²) >= 11 is 0. The highest BCUT2D eigenvalue weighted by Crippen LogP contribution is 2.37. The highest BCUT2D eigenvalue weighted by Gasteiger charge is 2.43. The average Bonchev–Trinajstić information content (AvgIpc) is 2.79. The Morgan fingerprint density at radius 3 is 2.37 bits per heavy atom. The zero-order valence-electron chi connectivity index (χ0n) is 11.8. The van der Waals surface area contributed by atoms with E-state index < -0.39 is 9.84 Å². The largest absolute Gasteiger partial charge is 0.314 e. The monoisotopic (exact) mass is 286 g/mol. The van der Waals surface area contributed by atoms with E-state index in [-0.39, 0.29) is 5.25 Å². The van der Waals surface area contributed by atoms with Crippen molar-refractivity contribution in [2.24, 2.45) is 0 Å². The van der Waals surface area contributed by atoms with Gasteiger partial charge in [0.25, 0.3) is 0 Å². The summed E-state index contributed by atoms with van der Waals surface area (Å²) < 4.78 is 24.0. The fraction of sp³-hybridized carbons (Fsp3) is 1.00. The van der Waals surface area contributed by atoms with Crippen LogP contribution < -0.4 is 5.32 Å². The van der Waals surface area contributed by atoms with Crippen LogP contribution >= 0.6 is 0 Å². The van der Waals surface area contributed by atoms with Crippen LogP contribution in [-0.2, 0) is 9.84 Å². The van der Waals surface area contributed by atoms with Crippen LogP contribution in [0.1, 0.15) is 45.4 Å². The van der Waals surface area contributed by atoms with Gasteiger partial charge in [0.2, 0.25) is 0 Å². The molecule has 0 aromatic carbocycles. The lowest BCUT2D eigenvalue weighted by molar-refractivity contribution is 0.117. The summed E-state index contributed by atoms with van der Waals surface area (Å²) in [6, 6.07) is 1.90. The molecular formula is C14H26N2O2S. The fourth-order valence-corrected chi connectivity index (χ4v) is 6.15. The highest BCUT2D eigenvalue weighted by molar-refractivity contribution is 7.92.